The van der Waals surface area contributed by atoms with Crippen molar-refractivity contribution >= 4 is 34.0 Å². The highest BCUT2D eigenvalue weighted by Crippen LogP contribution is 2.34. The molecule has 0 amide bonds. The monoisotopic (exact) mass is 546 g/mol. The van der Waals surface area contributed by atoms with Crippen molar-refractivity contribution in [1.29, 1.82) is 0 Å². The van der Waals surface area contributed by atoms with E-state index in [1.165, 1.54) is 28.8 Å². The van der Waals surface area contributed by atoms with E-state index in [-0.39, 0.29) is 5.75 Å². The van der Waals surface area contributed by atoms with Crippen molar-refractivity contribution in [2.75, 3.05) is 27.1 Å². The fourth-order valence-corrected chi connectivity index (χ4v) is 6.89. The minimum Gasteiger partial charge on any atom is -0.748 e. The summed E-state index contributed by atoms with van der Waals surface area (Å²) in [5, 5.41) is 3.92. The third-order valence-electron chi connectivity index (χ3n) is 5.88. The zero-order valence-electron chi connectivity index (χ0n) is 22.2. The van der Waals surface area contributed by atoms with E-state index in [9.17, 15) is 13.0 Å². The predicted octanol–water partition coefficient (Wildman–Crippen LogP) is 5.10. The Morgan fingerprint density at radius 1 is 0.595 bits per heavy atom. The van der Waals surface area contributed by atoms with Crippen LogP contribution in [0.15, 0.2) is 72.8 Å². The van der Waals surface area contributed by atoms with E-state index in [1.54, 1.807) is 21.3 Å². The molecule has 0 aliphatic rings. The van der Waals surface area contributed by atoms with Crippen LogP contribution in [0.5, 0.6) is 17.2 Å². The summed E-state index contributed by atoms with van der Waals surface area (Å²) < 4.78 is 46.4. The molecule has 0 saturated heterocycles. The number of benzene rings is 3. The van der Waals surface area contributed by atoms with Crippen LogP contribution in [0.3, 0.4) is 0 Å². The van der Waals surface area contributed by atoms with E-state index in [0.29, 0.717) is 6.42 Å². The van der Waals surface area contributed by atoms with Gasteiger partial charge in [-0.05, 0) is 79.2 Å². The van der Waals surface area contributed by atoms with Gasteiger partial charge in [-0.1, -0.05) is 39.0 Å². The fraction of sp³-hybridized carbons (Fsp3) is 0.379. The summed E-state index contributed by atoms with van der Waals surface area (Å²) in [5.41, 5.74) is 0. The van der Waals surface area contributed by atoms with Crippen molar-refractivity contribution in [2.24, 2.45) is 0 Å². The standard InChI is InChI=1S/C21H21O3P.C8H18O3S/c1-22-16-4-10-19(11-5-16)25(20-12-6-17(23-2)7-13-20)21-14-8-18(24-3)9-15-21;1-2-3-4-5-6-7-8-12(9,10)11/h4-15H,1-3H3;2-8H2,1H3,(H,9,10,11). The molecule has 0 heterocycles. The molecule has 3 aromatic carbocycles. The van der Waals surface area contributed by atoms with Crippen LogP contribution in [-0.2, 0) is 10.1 Å². The van der Waals surface area contributed by atoms with Crippen LogP contribution in [0.25, 0.3) is 0 Å². The summed E-state index contributed by atoms with van der Waals surface area (Å²) in [7, 11) is -0.0196. The van der Waals surface area contributed by atoms with Crippen LogP contribution >= 0.6 is 7.92 Å². The molecule has 0 N–H and O–H groups in total. The van der Waals surface area contributed by atoms with Gasteiger partial charge in [-0.3, -0.25) is 0 Å². The Hall–Kier alpha value is -2.60. The third kappa shape index (κ3) is 11.1. The zero-order chi connectivity index (χ0) is 27.1. The summed E-state index contributed by atoms with van der Waals surface area (Å²) in [5.74, 6) is 2.41. The molecule has 37 heavy (non-hydrogen) atoms. The Morgan fingerprint density at radius 3 is 1.22 bits per heavy atom. The normalized spacial score (nSPS) is 11.0. The Kier molecular flexibility index (Phi) is 13.5. The van der Waals surface area contributed by atoms with Gasteiger partial charge in [0.05, 0.1) is 39.4 Å². The molecule has 0 saturated carbocycles. The molecule has 0 atom stereocenters. The molecule has 0 unspecified atom stereocenters. The van der Waals surface area contributed by atoms with Crippen LogP contribution < -0.4 is 30.1 Å². The van der Waals surface area contributed by atoms with Gasteiger partial charge in [0.2, 0.25) is 0 Å². The second-order valence-electron chi connectivity index (χ2n) is 8.59. The maximum absolute atomic E-state index is 10.2. The first-order valence-electron chi connectivity index (χ1n) is 12.5. The smallest absolute Gasteiger partial charge is 0.119 e. The zero-order valence-corrected chi connectivity index (χ0v) is 24.1. The molecule has 0 aliphatic heterocycles. The second kappa shape index (κ2) is 16.3. The molecule has 0 fully saturated rings. The van der Waals surface area contributed by atoms with Crippen LogP contribution in [-0.4, -0.2) is 40.1 Å². The number of hydrogen-bond donors (Lipinski definition) is 0. The summed E-state index contributed by atoms with van der Waals surface area (Å²) in [4.78, 5) is 0. The highest BCUT2D eigenvalue weighted by atomic mass is 32.2. The van der Waals surface area contributed by atoms with Crippen LogP contribution in [0.1, 0.15) is 45.4 Å². The highest BCUT2D eigenvalue weighted by Gasteiger charge is 2.25. The van der Waals surface area contributed by atoms with E-state index in [2.05, 4.69) is 43.3 Å². The number of methoxy groups -OCH3 is 3. The maximum Gasteiger partial charge on any atom is 0.119 e. The quantitative estimate of drug-likeness (QED) is 0.169. The minimum atomic E-state index is -3.97. The second-order valence-corrected chi connectivity index (χ2v) is 12.6. The van der Waals surface area contributed by atoms with Crippen molar-refractivity contribution in [1.82, 2.24) is 0 Å². The van der Waals surface area contributed by atoms with Crippen LogP contribution in [0.2, 0.25) is 0 Å². The molecule has 3 aromatic rings. The number of ether oxygens (including phenoxy) is 3. The summed E-state index contributed by atoms with van der Waals surface area (Å²) in [6, 6.07) is 25.1. The van der Waals surface area contributed by atoms with Gasteiger partial charge in [0.15, 0.2) is 0 Å². The van der Waals surface area contributed by atoms with Crippen molar-refractivity contribution in [3.8, 4) is 17.2 Å². The summed E-state index contributed by atoms with van der Waals surface area (Å²) >= 11 is 0. The summed E-state index contributed by atoms with van der Waals surface area (Å²) in [6.07, 6.45) is 5.96. The van der Waals surface area contributed by atoms with Gasteiger partial charge in [0, 0.05) is 5.75 Å². The molecule has 0 bridgehead atoms. The van der Waals surface area contributed by atoms with Gasteiger partial charge in [-0.15, -0.1) is 0 Å². The molecule has 0 radical (unpaired) electrons. The lowest BCUT2D eigenvalue weighted by Crippen LogP contribution is -2.20. The Labute approximate surface area is 223 Å². The molecule has 0 aliphatic carbocycles. The molecule has 202 valence electrons. The highest BCUT2D eigenvalue weighted by molar-refractivity contribution is 7.85. The molecule has 0 aromatic heterocycles. The lowest BCUT2D eigenvalue weighted by Gasteiger charge is -2.12. The van der Waals surface area contributed by atoms with Crippen molar-refractivity contribution < 1.29 is 27.2 Å². The van der Waals surface area contributed by atoms with E-state index in [4.69, 9.17) is 14.2 Å². The maximum atomic E-state index is 10.2. The molecule has 8 heteroatoms. The molecule has 6 nitrogen and oxygen atoms in total. The number of hydrogen-bond acceptors (Lipinski definition) is 6. The number of rotatable bonds is 13. The molecule has 0 spiro atoms. The minimum absolute atomic E-state index is 0.195. The van der Waals surface area contributed by atoms with Gasteiger partial charge in [-0.2, -0.15) is 0 Å². The fourth-order valence-electron chi connectivity index (χ4n) is 3.83. The average Bonchev–Trinajstić information content (AvgIpc) is 2.92. The summed E-state index contributed by atoms with van der Waals surface area (Å²) in [6.45, 7) is 2.13. The van der Waals surface area contributed by atoms with Crippen molar-refractivity contribution in [2.45, 2.75) is 45.4 Å². The average molecular weight is 547 g/mol. The Morgan fingerprint density at radius 2 is 0.919 bits per heavy atom. The van der Waals surface area contributed by atoms with Gasteiger partial charge < -0.3 is 18.8 Å². The Balaban J connectivity index is 0.000000341. The van der Waals surface area contributed by atoms with Crippen molar-refractivity contribution in [3.05, 3.63) is 72.8 Å². The molecule has 3 rings (SSSR count). The first-order valence-corrected chi connectivity index (χ1v) is 15.6. The van der Waals surface area contributed by atoms with E-state index in [1.807, 2.05) is 36.4 Å². The van der Waals surface area contributed by atoms with E-state index in [0.717, 1.165) is 36.5 Å². The lowest BCUT2D eigenvalue weighted by atomic mass is 10.1. The third-order valence-corrected chi connectivity index (χ3v) is 9.40. The Bertz CT molecular complexity index is 1020. The number of unbranched alkanes of at least 4 members (excludes halogenated alkanes) is 5. The van der Waals surface area contributed by atoms with E-state index < -0.39 is 18.0 Å². The van der Waals surface area contributed by atoms with Crippen LogP contribution in [0, 0.1) is 0 Å². The van der Waals surface area contributed by atoms with Gasteiger partial charge >= 0.3 is 0 Å². The predicted molar refractivity (Wildman–Crippen MR) is 154 cm³/mol. The topological polar surface area (TPSA) is 84.9 Å². The SMILES string of the molecule is CCCCCCCCS(=O)(=O)[O-].COc1ccc([PH+](c2ccc(OC)cc2)c2ccc(OC)cc2)cc1. The van der Waals surface area contributed by atoms with Crippen LogP contribution in [0.4, 0.5) is 0 Å². The lowest BCUT2D eigenvalue weighted by molar-refractivity contribution is 0.415. The largest absolute Gasteiger partial charge is 0.748 e. The van der Waals surface area contributed by atoms with Gasteiger partial charge in [-0.25, -0.2) is 8.42 Å². The first kappa shape index (κ1) is 30.6. The van der Waals surface area contributed by atoms with Gasteiger partial charge in [0.1, 0.15) is 33.2 Å². The van der Waals surface area contributed by atoms with Gasteiger partial charge in [0.25, 0.3) is 0 Å². The molecular weight excluding hydrogens is 507 g/mol. The molecular formula is C29H39O6PS. The van der Waals surface area contributed by atoms with E-state index >= 15 is 0 Å². The first-order chi connectivity index (χ1) is 17.8. The van der Waals surface area contributed by atoms with Crippen molar-refractivity contribution in [3.63, 3.8) is 0 Å².